The van der Waals surface area contributed by atoms with E-state index in [2.05, 4.69) is 4.98 Å². The molecule has 0 radical (unpaired) electrons. The molecule has 1 aliphatic rings. The Morgan fingerprint density at radius 3 is 2.41 bits per heavy atom. The lowest BCUT2D eigenvalue weighted by atomic mass is 9.77. The number of aromatic nitrogens is 1. The molecule has 5 rings (SSSR count). The lowest BCUT2D eigenvalue weighted by Crippen LogP contribution is -2.26. The van der Waals surface area contributed by atoms with E-state index in [1.165, 1.54) is 0 Å². The molecule has 1 saturated carbocycles. The van der Waals surface area contributed by atoms with Crippen molar-refractivity contribution in [3.8, 4) is 17.0 Å². The summed E-state index contributed by atoms with van der Waals surface area (Å²) in [6.45, 7) is 0. The molecule has 0 spiro atoms. The zero-order valence-corrected chi connectivity index (χ0v) is 17.5. The zero-order chi connectivity index (χ0) is 22.6. The summed E-state index contributed by atoms with van der Waals surface area (Å²) in [5.41, 5.74) is 2.56. The smallest absolute Gasteiger partial charge is 0.202 e. The van der Waals surface area contributed by atoms with Crippen LogP contribution in [0.5, 0.6) is 5.88 Å². The fraction of sp³-hybridized carbons (Fsp3) is 0.160. The average molecular weight is 454 g/mol. The van der Waals surface area contributed by atoms with E-state index >= 15 is 0 Å². The maximum absolute atomic E-state index is 14.2. The molecular formula is C25H18ClF2NO3. The second-order valence-corrected chi connectivity index (χ2v) is 8.53. The van der Waals surface area contributed by atoms with Crippen LogP contribution in [0.1, 0.15) is 40.2 Å². The molecule has 4 nitrogen and oxygen atoms in total. The van der Waals surface area contributed by atoms with Crippen molar-refractivity contribution >= 4 is 28.3 Å². The summed E-state index contributed by atoms with van der Waals surface area (Å²) in [7, 11) is 0. The van der Waals surface area contributed by atoms with Crippen LogP contribution < -0.4 is 0 Å². The predicted molar refractivity (Wildman–Crippen MR) is 118 cm³/mol. The number of aliphatic hydroxyl groups is 1. The number of rotatable bonds is 4. The molecule has 1 heterocycles. The highest BCUT2D eigenvalue weighted by molar-refractivity contribution is 6.34. The fourth-order valence-corrected chi connectivity index (χ4v) is 4.53. The predicted octanol–water partition coefficient (Wildman–Crippen LogP) is 5.94. The molecule has 0 atom stereocenters. The second kappa shape index (κ2) is 7.73. The zero-order valence-electron chi connectivity index (χ0n) is 16.7. The van der Waals surface area contributed by atoms with Crippen molar-refractivity contribution < 1.29 is 23.8 Å². The summed E-state index contributed by atoms with van der Waals surface area (Å²) in [6.07, 6.45) is 1.26. The molecule has 32 heavy (non-hydrogen) atoms. The molecule has 3 N–H and O–H groups in total. The van der Waals surface area contributed by atoms with Crippen molar-refractivity contribution in [1.82, 2.24) is 4.98 Å². The number of nitrogens with one attached hydrogen (secondary N) is 1. The number of aliphatic hydroxyl groups excluding tert-OH is 1. The van der Waals surface area contributed by atoms with Crippen molar-refractivity contribution in [1.29, 1.82) is 0 Å². The fourth-order valence-electron chi connectivity index (χ4n) is 4.26. The van der Waals surface area contributed by atoms with Gasteiger partial charge in [0.15, 0.2) is 0 Å². The van der Waals surface area contributed by atoms with Gasteiger partial charge in [0, 0.05) is 17.0 Å². The molecule has 7 heteroatoms. The number of fused-ring (bicyclic) bond motifs is 1. The van der Waals surface area contributed by atoms with Gasteiger partial charge in [-0.3, -0.25) is 4.79 Å². The molecule has 3 aromatic carbocycles. The van der Waals surface area contributed by atoms with Crippen LogP contribution in [0.15, 0.2) is 54.6 Å². The van der Waals surface area contributed by atoms with Crippen LogP contribution in [-0.4, -0.2) is 27.1 Å². The van der Waals surface area contributed by atoms with Crippen molar-refractivity contribution in [3.05, 3.63) is 87.9 Å². The first kappa shape index (κ1) is 20.7. The number of halogens is 3. The largest absolute Gasteiger partial charge is 0.494 e. The van der Waals surface area contributed by atoms with E-state index in [1.54, 1.807) is 12.1 Å². The summed E-state index contributed by atoms with van der Waals surface area (Å²) in [6, 6.07) is 13.8. The Bertz CT molecular complexity index is 1360. The van der Waals surface area contributed by atoms with Gasteiger partial charge < -0.3 is 15.2 Å². The van der Waals surface area contributed by atoms with Gasteiger partial charge in [-0.1, -0.05) is 35.9 Å². The number of aromatic amines is 1. The summed E-state index contributed by atoms with van der Waals surface area (Å²) in [4.78, 5) is 15.7. The van der Waals surface area contributed by atoms with Crippen LogP contribution in [0.3, 0.4) is 0 Å². The number of ketones is 1. The molecular weight excluding hydrogens is 436 g/mol. The summed E-state index contributed by atoms with van der Waals surface area (Å²) in [5.74, 6) is -2.64. The van der Waals surface area contributed by atoms with Crippen LogP contribution in [-0.2, 0) is 0 Å². The van der Waals surface area contributed by atoms with Crippen LogP contribution in [0.4, 0.5) is 8.78 Å². The minimum atomic E-state index is -1.00. The molecule has 162 valence electrons. The number of carbonyl (C=O) groups is 1. The minimum absolute atomic E-state index is 0.108. The van der Waals surface area contributed by atoms with Crippen LogP contribution in [0.25, 0.3) is 22.0 Å². The number of carbonyl (C=O) groups excluding carboxylic acids is 1. The molecule has 1 aliphatic carbocycles. The maximum atomic E-state index is 14.2. The first-order valence-electron chi connectivity index (χ1n) is 10.1. The van der Waals surface area contributed by atoms with Crippen molar-refractivity contribution in [2.75, 3.05) is 0 Å². The first-order chi connectivity index (χ1) is 15.3. The molecule has 1 fully saturated rings. The summed E-state index contributed by atoms with van der Waals surface area (Å²) in [5, 5.41) is 20.7. The number of H-pyrrole nitrogens is 1. The number of benzene rings is 3. The van der Waals surface area contributed by atoms with E-state index in [0.717, 1.165) is 36.1 Å². The summed E-state index contributed by atoms with van der Waals surface area (Å²) < 4.78 is 27.5. The highest BCUT2D eigenvalue weighted by atomic mass is 35.5. The Morgan fingerprint density at radius 1 is 1.03 bits per heavy atom. The van der Waals surface area contributed by atoms with Crippen molar-refractivity contribution in [2.24, 2.45) is 0 Å². The van der Waals surface area contributed by atoms with Gasteiger partial charge in [-0.15, -0.1) is 0 Å². The normalized spacial score (nSPS) is 18.0. The van der Waals surface area contributed by atoms with Crippen molar-refractivity contribution in [3.63, 3.8) is 0 Å². The Labute approximate surface area is 187 Å². The molecule has 0 saturated heterocycles. The second-order valence-electron chi connectivity index (χ2n) is 8.12. The number of hydrogen-bond donors (Lipinski definition) is 3. The third-order valence-corrected chi connectivity index (χ3v) is 6.39. The van der Waals surface area contributed by atoms with Gasteiger partial charge in [0.25, 0.3) is 0 Å². The third kappa shape index (κ3) is 3.45. The Hall–Kier alpha value is -3.22. The van der Waals surface area contributed by atoms with E-state index in [4.69, 9.17) is 11.6 Å². The van der Waals surface area contributed by atoms with E-state index in [9.17, 15) is 23.8 Å². The molecule has 4 aromatic rings. The van der Waals surface area contributed by atoms with Crippen LogP contribution in [0.2, 0.25) is 5.02 Å². The van der Waals surface area contributed by atoms with Gasteiger partial charge in [0.1, 0.15) is 11.6 Å². The monoisotopic (exact) mass is 453 g/mol. The lowest BCUT2D eigenvalue weighted by Gasteiger charge is -2.31. The molecule has 1 aromatic heterocycles. The van der Waals surface area contributed by atoms with E-state index in [0.29, 0.717) is 33.5 Å². The first-order valence-corrected chi connectivity index (χ1v) is 10.5. The quantitative estimate of drug-likeness (QED) is 0.335. The van der Waals surface area contributed by atoms with Gasteiger partial charge >= 0.3 is 0 Å². The van der Waals surface area contributed by atoms with Gasteiger partial charge in [0.2, 0.25) is 11.7 Å². The highest BCUT2D eigenvalue weighted by Crippen LogP contribution is 2.40. The molecule has 0 bridgehead atoms. The number of aromatic hydroxyl groups is 1. The van der Waals surface area contributed by atoms with Gasteiger partial charge in [-0.2, -0.15) is 0 Å². The average Bonchev–Trinajstić information content (AvgIpc) is 3.05. The van der Waals surface area contributed by atoms with Gasteiger partial charge in [-0.05, 0) is 54.2 Å². The lowest BCUT2D eigenvalue weighted by molar-refractivity contribution is 0.0746. The van der Waals surface area contributed by atoms with Crippen LogP contribution in [0, 0.1) is 11.6 Å². The topological polar surface area (TPSA) is 73.3 Å². The molecule has 0 unspecified atom stereocenters. The van der Waals surface area contributed by atoms with E-state index in [-0.39, 0.29) is 17.2 Å². The Kier molecular flexibility index (Phi) is 4.99. The summed E-state index contributed by atoms with van der Waals surface area (Å²) >= 11 is 6.48. The Balaban J connectivity index is 1.57. The van der Waals surface area contributed by atoms with Gasteiger partial charge in [0.05, 0.1) is 27.8 Å². The van der Waals surface area contributed by atoms with Crippen molar-refractivity contribution in [2.45, 2.75) is 24.9 Å². The SMILES string of the molecule is O=C(c1ccc(F)cc1F)c1c(O)[nH]c2cc(Cl)c(-c3ccc(C4CC(O)C4)cc3)cc12. The van der Waals surface area contributed by atoms with Gasteiger partial charge in [-0.25, -0.2) is 8.78 Å². The van der Waals surface area contributed by atoms with Crippen LogP contribution >= 0.6 is 11.6 Å². The third-order valence-electron chi connectivity index (χ3n) is 6.08. The molecule has 0 amide bonds. The molecule has 0 aliphatic heterocycles. The van der Waals surface area contributed by atoms with E-state index < -0.39 is 23.3 Å². The Morgan fingerprint density at radius 2 is 1.75 bits per heavy atom. The maximum Gasteiger partial charge on any atom is 0.202 e. The minimum Gasteiger partial charge on any atom is -0.494 e. The number of hydrogen-bond acceptors (Lipinski definition) is 3. The highest BCUT2D eigenvalue weighted by Gasteiger charge is 2.28. The standard InChI is InChI=1S/C25H18ClF2NO3/c26-20-11-22-19(10-18(20)13-3-1-12(2-4-13)14-7-16(30)8-14)23(25(32)29-22)24(31)17-6-5-15(27)9-21(17)28/h1-6,9-11,14,16,29-30,32H,7-8H2. The van der Waals surface area contributed by atoms with E-state index in [1.807, 2.05) is 24.3 Å².